The van der Waals surface area contributed by atoms with Gasteiger partial charge in [0.1, 0.15) is 5.82 Å². The zero-order valence-electron chi connectivity index (χ0n) is 10.4. The van der Waals surface area contributed by atoms with Crippen LogP contribution in [0.15, 0.2) is 24.3 Å². The lowest BCUT2D eigenvalue weighted by Crippen LogP contribution is -1.98. The molecular weight excluding hydrogens is 235 g/mol. The van der Waals surface area contributed by atoms with Crippen molar-refractivity contribution in [1.82, 2.24) is 9.97 Å². The van der Waals surface area contributed by atoms with Gasteiger partial charge in [0.05, 0.1) is 19.9 Å². The van der Waals surface area contributed by atoms with Gasteiger partial charge in [-0.3, -0.25) is 0 Å². The average molecular weight is 248 g/mol. The van der Waals surface area contributed by atoms with Gasteiger partial charge in [-0.25, -0.2) is 4.39 Å². The molecule has 0 atom stereocenters. The Balaban J connectivity index is 2.55. The van der Waals surface area contributed by atoms with Gasteiger partial charge in [-0.2, -0.15) is 9.97 Å². The number of benzene rings is 1. The Morgan fingerprint density at radius 3 is 2.44 bits per heavy atom. The summed E-state index contributed by atoms with van der Waals surface area (Å²) in [5.74, 6) is 0.129. The molecule has 0 amide bonds. The fraction of sp³-hybridized carbons (Fsp3) is 0.231. The number of aryl methyl sites for hydroxylation is 1. The second-order valence-corrected chi connectivity index (χ2v) is 3.74. The Kier molecular flexibility index (Phi) is 3.41. The number of nitrogens with zero attached hydrogens (tertiary/aromatic N) is 2. The van der Waals surface area contributed by atoms with E-state index in [4.69, 9.17) is 9.47 Å². The van der Waals surface area contributed by atoms with Crippen LogP contribution in [0.1, 0.15) is 5.56 Å². The molecule has 1 heterocycles. The van der Waals surface area contributed by atoms with Crippen LogP contribution in [0, 0.1) is 12.7 Å². The number of methoxy groups -OCH3 is 2. The van der Waals surface area contributed by atoms with Crippen molar-refractivity contribution in [1.29, 1.82) is 0 Å². The summed E-state index contributed by atoms with van der Waals surface area (Å²) in [6.45, 7) is 1.82. The average Bonchev–Trinajstić information content (AvgIpc) is 2.38. The van der Waals surface area contributed by atoms with Gasteiger partial charge in [0, 0.05) is 11.6 Å². The zero-order chi connectivity index (χ0) is 13.1. The van der Waals surface area contributed by atoms with Crippen molar-refractivity contribution in [2.24, 2.45) is 0 Å². The second kappa shape index (κ2) is 5.00. The molecule has 0 saturated heterocycles. The third-order valence-electron chi connectivity index (χ3n) is 2.54. The fourth-order valence-electron chi connectivity index (χ4n) is 1.65. The van der Waals surface area contributed by atoms with Crippen molar-refractivity contribution >= 4 is 0 Å². The molecule has 0 radical (unpaired) electrons. The maximum Gasteiger partial charge on any atom is 0.320 e. The largest absolute Gasteiger partial charge is 0.481 e. The number of hydrogen-bond acceptors (Lipinski definition) is 4. The van der Waals surface area contributed by atoms with Crippen molar-refractivity contribution in [3.63, 3.8) is 0 Å². The Bertz CT molecular complexity index is 551. The zero-order valence-corrected chi connectivity index (χ0v) is 10.4. The number of aromatic nitrogens is 2. The van der Waals surface area contributed by atoms with Crippen molar-refractivity contribution in [2.75, 3.05) is 14.2 Å². The highest BCUT2D eigenvalue weighted by Crippen LogP contribution is 2.26. The van der Waals surface area contributed by atoms with Gasteiger partial charge >= 0.3 is 6.01 Å². The number of ether oxygens (including phenoxy) is 2. The molecule has 0 bridgehead atoms. The van der Waals surface area contributed by atoms with E-state index in [-0.39, 0.29) is 11.8 Å². The minimum absolute atomic E-state index is 0.216. The van der Waals surface area contributed by atoms with E-state index >= 15 is 0 Å². The lowest BCUT2D eigenvalue weighted by molar-refractivity contribution is 0.353. The lowest BCUT2D eigenvalue weighted by atomic mass is 10.1. The van der Waals surface area contributed by atoms with Crippen LogP contribution in [0.4, 0.5) is 4.39 Å². The summed E-state index contributed by atoms with van der Waals surface area (Å²) in [5.41, 5.74) is 2.24. The molecule has 2 rings (SSSR count). The molecule has 0 fully saturated rings. The minimum atomic E-state index is -0.274. The molecule has 0 aliphatic carbocycles. The molecule has 2 aromatic rings. The summed E-state index contributed by atoms with van der Waals surface area (Å²) in [4.78, 5) is 8.24. The van der Waals surface area contributed by atoms with E-state index in [1.807, 2.05) is 6.92 Å². The SMILES string of the molecule is COc1cc(-c2ccc(F)cc2C)nc(OC)n1. The number of rotatable bonds is 3. The predicted molar refractivity (Wildman–Crippen MR) is 65.3 cm³/mol. The highest BCUT2D eigenvalue weighted by molar-refractivity contribution is 5.64. The van der Waals surface area contributed by atoms with E-state index in [0.29, 0.717) is 11.6 Å². The lowest BCUT2D eigenvalue weighted by Gasteiger charge is -2.08. The third-order valence-corrected chi connectivity index (χ3v) is 2.54. The molecule has 18 heavy (non-hydrogen) atoms. The standard InChI is InChI=1S/C13H13FN2O2/c1-8-6-9(14)4-5-10(8)11-7-12(17-2)16-13(15-11)18-3/h4-7H,1-3H3. The Labute approximate surface area is 104 Å². The quantitative estimate of drug-likeness (QED) is 0.837. The van der Waals surface area contributed by atoms with E-state index in [2.05, 4.69) is 9.97 Å². The summed E-state index contributed by atoms with van der Waals surface area (Å²) in [6, 6.07) is 6.42. The van der Waals surface area contributed by atoms with Crippen molar-refractivity contribution in [3.8, 4) is 23.1 Å². The topological polar surface area (TPSA) is 44.2 Å². The normalized spacial score (nSPS) is 10.2. The van der Waals surface area contributed by atoms with E-state index < -0.39 is 0 Å². The van der Waals surface area contributed by atoms with Crippen molar-refractivity contribution < 1.29 is 13.9 Å². The molecule has 5 heteroatoms. The van der Waals surface area contributed by atoms with E-state index in [9.17, 15) is 4.39 Å². The first kappa shape index (κ1) is 12.3. The number of halogens is 1. The predicted octanol–water partition coefficient (Wildman–Crippen LogP) is 2.61. The summed E-state index contributed by atoms with van der Waals surface area (Å²) in [6.07, 6.45) is 0. The first-order valence-corrected chi connectivity index (χ1v) is 5.37. The number of hydrogen-bond donors (Lipinski definition) is 0. The van der Waals surface area contributed by atoms with Crippen LogP contribution in [0.25, 0.3) is 11.3 Å². The fourth-order valence-corrected chi connectivity index (χ4v) is 1.65. The van der Waals surface area contributed by atoms with Gasteiger partial charge in [0.25, 0.3) is 0 Å². The smallest absolute Gasteiger partial charge is 0.320 e. The van der Waals surface area contributed by atoms with Gasteiger partial charge in [0.15, 0.2) is 0 Å². The maximum atomic E-state index is 13.1. The van der Waals surface area contributed by atoms with Gasteiger partial charge in [0.2, 0.25) is 5.88 Å². The molecule has 0 spiro atoms. The second-order valence-electron chi connectivity index (χ2n) is 3.74. The van der Waals surface area contributed by atoms with Crippen LogP contribution in [-0.4, -0.2) is 24.2 Å². The van der Waals surface area contributed by atoms with Gasteiger partial charge in [-0.05, 0) is 30.7 Å². The van der Waals surface area contributed by atoms with Crippen LogP contribution in [0.3, 0.4) is 0 Å². The van der Waals surface area contributed by atoms with Crippen LogP contribution < -0.4 is 9.47 Å². The van der Waals surface area contributed by atoms with Crippen LogP contribution >= 0.6 is 0 Å². The first-order valence-electron chi connectivity index (χ1n) is 5.37. The molecule has 0 aliphatic rings. The summed E-state index contributed by atoms with van der Waals surface area (Å²) in [5, 5.41) is 0. The Morgan fingerprint density at radius 1 is 1.06 bits per heavy atom. The summed E-state index contributed by atoms with van der Waals surface area (Å²) < 4.78 is 23.2. The molecule has 0 saturated carbocycles. The van der Waals surface area contributed by atoms with Crippen molar-refractivity contribution in [2.45, 2.75) is 6.92 Å². The van der Waals surface area contributed by atoms with Crippen LogP contribution in [0.5, 0.6) is 11.9 Å². The van der Waals surface area contributed by atoms with E-state index in [0.717, 1.165) is 11.1 Å². The first-order chi connectivity index (χ1) is 8.63. The van der Waals surface area contributed by atoms with Crippen molar-refractivity contribution in [3.05, 3.63) is 35.6 Å². The van der Waals surface area contributed by atoms with Gasteiger partial charge < -0.3 is 9.47 Å². The summed E-state index contributed by atoms with van der Waals surface area (Å²) in [7, 11) is 3.00. The molecule has 1 aromatic carbocycles. The van der Waals surface area contributed by atoms with E-state index in [1.54, 1.807) is 12.1 Å². The molecule has 0 N–H and O–H groups in total. The minimum Gasteiger partial charge on any atom is -0.481 e. The highest BCUT2D eigenvalue weighted by Gasteiger charge is 2.10. The third kappa shape index (κ3) is 2.40. The molecule has 0 aliphatic heterocycles. The Hall–Kier alpha value is -2.17. The molecule has 4 nitrogen and oxygen atoms in total. The molecule has 0 unspecified atom stereocenters. The van der Waals surface area contributed by atoms with Crippen LogP contribution in [-0.2, 0) is 0 Å². The molecule has 1 aromatic heterocycles. The molecule has 94 valence electrons. The monoisotopic (exact) mass is 248 g/mol. The van der Waals surface area contributed by atoms with Gasteiger partial charge in [-0.15, -0.1) is 0 Å². The van der Waals surface area contributed by atoms with Crippen LogP contribution in [0.2, 0.25) is 0 Å². The Morgan fingerprint density at radius 2 is 1.83 bits per heavy atom. The maximum absolute atomic E-state index is 13.1. The van der Waals surface area contributed by atoms with E-state index in [1.165, 1.54) is 26.4 Å². The molecular formula is C13H13FN2O2. The summed E-state index contributed by atoms with van der Waals surface area (Å²) >= 11 is 0. The highest BCUT2D eigenvalue weighted by atomic mass is 19.1. The van der Waals surface area contributed by atoms with Gasteiger partial charge in [-0.1, -0.05) is 0 Å².